The van der Waals surface area contributed by atoms with E-state index in [9.17, 15) is 4.79 Å². The lowest BCUT2D eigenvalue weighted by Gasteiger charge is -2.28. The summed E-state index contributed by atoms with van der Waals surface area (Å²) < 4.78 is 5.15. The van der Waals surface area contributed by atoms with Crippen molar-refractivity contribution < 1.29 is 9.53 Å². The van der Waals surface area contributed by atoms with E-state index in [-0.39, 0.29) is 5.91 Å². The number of amides is 1. The molecule has 1 saturated heterocycles. The number of halogens is 1. The van der Waals surface area contributed by atoms with Crippen molar-refractivity contribution in [3.05, 3.63) is 23.2 Å². The van der Waals surface area contributed by atoms with Gasteiger partial charge in [0.15, 0.2) is 0 Å². The molecule has 1 heterocycles. The fraction of sp³-hybridized carbons (Fsp3) is 0.562. The highest BCUT2D eigenvalue weighted by Gasteiger charge is 2.22. The first-order valence-corrected chi connectivity index (χ1v) is 7.82. The second-order valence-corrected chi connectivity index (χ2v) is 6.09. The van der Waals surface area contributed by atoms with E-state index in [2.05, 4.69) is 17.6 Å². The Hall–Kier alpha value is -1.26. The molecule has 2 rings (SSSR count). The van der Waals surface area contributed by atoms with Crippen molar-refractivity contribution in [2.75, 3.05) is 25.5 Å². The maximum absolute atomic E-state index is 12.2. The third-order valence-corrected chi connectivity index (χ3v) is 4.42. The van der Waals surface area contributed by atoms with E-state index >= 15 is 0 Å². The molecule has 1 aliphatic rings. The summed E-state index contributed by atoms with van der Waals surface area (Å²) >= 11 is 6.10. The van der Waals surface area contributed by atoms with Gasteiger partial charge in [-0.25, -0.2) is 0 Å². The zero-order valence-corrected chi connectivity index (χ0v) is 13.4. The Bertz CT molecular complexity index is 487. The van der Waals surface area contributed by atoms with E-state index in [0.717, 1.165) is 13.1 Å². The van der Waals surface area contributed by atoms with Gasteiger partial charge in [-0.05, 0) is 49.9 Å². The lowest BCUT2D eigenvalue weighted by atomic mass is 9.85. The number of hydrogen-bond acceptors (Lipinski definition) is 3. The topological polar surface area (TPSA) is 50.4 Å². The number of anilines is 1. The van der Waals surface area contributed by atoms with Crippen LogP contribution >= 0.6 is 11.6 Å². The van der Waals surface area contributed by atoms with E-state index in [1.54, 1.807) is 25.3 Å². The van der Waals surface area contributed by atoms with Crippen molar-refractivity contribution in [1.82, 2.24) is 5.32 Å². The number of carbonyl (C=O) groups excluding carboxylic acids is 1. The smallest absolute Gasteiger partial charge is 0.224 e. The highest BCUT2D eigenvalue weighted by atomic mass is 35.5. The van der Waals surface area contributed by atoms with Crippen LogP contribution < -0.4 is 15.4 Å². The number of ether oxygens (including phenoxy) is 1. The van der Waals surface area contributed by atoms with Crippen molar-refractivity contribution in [3.8, 4) is 5.75 Å². The molecule has 21 heavy (non-hydrogen) atoms. The van der Waals surface area contributed by atoms with Gasteiger partial charge in [0, 0.05) is 12.5 Å². The Morgan fingerprint density at radius 2 is 2.38 bits per heavy atom. The molecule has 1 amide bonds. The van der Waals surface area contributed by atoms with Crippen LogP contribution in [0.15, 0.2) is 18.2 Å². The van der Waals surface area contributed by atoms with Gasteiger partial charge >= 0.3 is 0 Å². The van der Waals surface area contributed by atoms with Crippen LogP contribution in [0.2, 0.25) is 5.02 Å². The van der Waals surface area contributed by atoms with Crippen molar-refractivity contribution in [2.24, 2.45) is 11.8 Å². The summed E-state index contributed by atoms with van der Waals surface area (Å²) in [6, 6.07) is 5.24. The number of piperidine rings is 1. The van der Waals surface area contributed by atoms with Gasteiger partial charge in [0.1, 0.15) is 5.75 Å². The summed E-state index contributed by atoms with van der Waals surface area (Å²) in [5.41, 5.74) is 0.606. The fourth-order valence-corrected chi connectivity index (χ4v) is 2.92. The monoisotopic (exact) mass is 310 g/mol. The predicted octanol–water partition coefficient (Wildman–Crippen LogP) is 3.31. The van der Waals surface area contributed by atoms with Crippen molar-refractivity contribution in [1.29, 1.82) is 0 Å². The van der Waals surface area contributed by atoms with Crippen LogP contribution in [0.25, 0.3) is 0 Å². The quantitative estimate of drug-likeness (QED) is 0.877. The summed E-state index contributed by atoms with van der Waals surface area (Å²) in [5, 5.41) is 6.80. The fourth-order valence-electron chi connectivity index (χ4n) is 2.75. The average molecular weight is 311 g/mol. The molecule has 1 fully saturated rings. The molecule has 0 radical (unpaired) electrons. The molecule has 0 aromatic heterocycles. The van der Waals surface area contributed by atoms with Crippen molar-refractivity contribution in [3.63, 3.8) is 0 Å². The molecule has 0 aliphatic carbocycles. The van der Waals surface area contributed by atoms with Crippen LogP contribution in [0, 0.1) is 11.8 Å². The minimum Gasteiger partial charge on any atom is -0.497 e. The van der Waals surface area contributed by atoms with E-state index in [1.165, 1.54) is 12.8 Å². The van der Waals surface area contributed by atoms with E-state index in [0.29, 0.717) is 34.7 Å². The molecule has 1 aromatic carbocycles. The Morgan fingerprint density at radius 1 is 1.57 bits per heavy atom. The number of methoxy groups -OCH3 is 1. The van der Waals surface area contributed by atoms with Crippen LogP contribution in [0.5, 0.6) is 5.75 Å². The van der Waals surface area contributed by atoms with Crippen LogP contribution in [0.4, 0.5) is 5.69 Å². The number of carbonyl (C=O) groups is 1. The first-order chi connectivity index (χ1) is 10.1. The first kappa shape index (κ1) is 16.1. The number of hydrogen-bond donors (Lipinski definition) is 2. The van der Waals surface area contributed by atoms with E-state index in [4.69, 9.17) is 16.3 Å². The standard InChI is InChI=1S/C16H23ClN2O2/c1-11(12-4-3-7-18-10-12)8-16(20)19-15-9-13(21-2)5-6-14(15)17/h5-6,9,11-12,18H,3-4,7-8,10H2,1-2H3,(H,19,20). The average Bonchev–Trinajstić information content (AvgIpc) is 2.50. The number of rotatable bonds is 5. The Morgan fingerprint density at radius 3 is 3.05 bits per heavy atom. The van der Waals surface area contributed by atoms with Crippen LogP contribution in [-0.4, -0.2) is 26.1 Å². The van der Waals surface area contributed by atoms with Gasteiger partial charge in [-0.2, -0.15) is 0 Å². The summed E-state index contributed by atoms with van der Waals surface area (Å²) in [5.74, 6) is 1.62. The van der Waals surface area contributed by atoms with Crippen LogP contribution in [0.1, 0.15) is 26.2 Å². The molecule has 2 N–H and O–H groups in total. The van der Waals surface area contributed by atoms with Crippen LogP contribution in [0.3, 0.4) is 0 Å². The zero-order valence-electron chi connectivity index (χ0n) is 12.6. The number of nitrogens with one attached hydrogen (secondary N) is 2. The molecule has 5 heteroatoms. The van der Waals surface area contributed by atoms with Crippen molar-refractivity contribution in [2.45, 2.75) is 26.2 Å². The molecule has 116 valence electrons. The summed E-state index contributed by atoms with van der Waals surface area (Å²) in [4.78, 5) is 12.2. The molecule has 0 saturated carbocycles. The van der Waals surface area contributed by atoms with Gasteiger partial charge in [-0.15, -0.1) is 0 Å². The maximum Gasteiger partial charge on any atom is 0.224 e. The van der Waals surface area contributed by atoms with Gasteiger partial charge in [0.05, 0.1) is 17.8 Å². The third kappa shape index (κ3) is 4.61. The molecular weight excluding hydrogens is 288 g/mol. The molecule has 1 aromatic rings. The largest absolute Gasteiger partial charge is 0.497 e. The Labute approximate surface area is 131 Å². The minimum absolute atomic E-state index is 0.00299. The van der Waals surface area contributed by atoms with Crippen LogP contribution in [-0.2, 0) is 4.79 Å². The highest BCUT2D eigenvalue weighted by Crippen LogP contribution is 2.28. The van der Waals surface area contributed by atoms with Gasteiger partial charge < -0.3 is 15.4 Å². The second kappa shape index (κ2) is 7.66. The minimum atomic E-state index is 0.00299. The van der Waals surface area contributed by atoms with Crippen molar-refractivity contribution >= 4 is 23.2 Å². The van der Waals surface area contributed by atoms with Gasteiger partial charge in [-0.1, -0.05) is 18.5 Å². The molecule has 2 atom stereocenters. The Balaban J connectivity index is 1.91. The molecular formula is C16H23ClN2O2. The first-order valence-electron chi connectivity index (χ1n) is 7.44. The summed E-state index contributed by atoms with van der Waals surface area (Å²) in [6.45, 7) is 4.24. The highest BCUT2D eigenvalue weighted by molar-refractivity contribution is 6.33. The predicted molar refractivity (Wildman–Crippen MR) is 86.0 cm³/mol. The van der Waals surface area contributed by atoms with E-state index in [1.807, 2.05) is 0 Å². The third-order valence-electron chi connectivity index (χ3n) is 4.09. The summed E-state index contributed by atoms with van der Waals surface area (Å²) in [7, 11) is 1.59. The molecule has 0 spiro atoms. The van der Waals surface area contributed by atoms with Gasteiger partial charge in [-0.3, -0.25) is 4.79 Å². The molecule has 2 unspecified atom stereocenters. The number of benzene rings is 1. The lowest BCUT2D eigenvalue weighted by Crippen LogP contribution is -2.34. The van der Waals surface area contributed by atoms with Gasteiger partial charge in [0.2, 0.25) is 5.91 Å². The zero-order chi connectivity index (χ0) is 15.2. The van der Waals surface area contributed by atoms with E-state index < -0.39 is 0 Å². The molecule has 4 nitrogen and oxygen atoms in total. The normalized spacial score (nSPS) is 19.9. The Kier molecular flexibility index (Phi) is 5.88. The molecule has 1 aliphatic heterocycles. The second-order valence-electron chi connectivity index (χ2n) is 5.68. The maximum atomic E-state index is 12.2. The molecule has 0 bridgehead atoms. The SMILES string of the molecule is COc1ccc(Cl)c(NC(=O)CC(C)C2CCCNC2)c1. The summed E-state index contributed by atoms with van der Waals surface area (Å²) in [6.07, 6.45) is 2.90. The van der Waals surface area contributed by atoms with Gasteiger partial charge in [0.25, 0.3) is 0 Å². The lowest BCUT2D eigenvalue weighted by molar-refractivity contribution is -0.117.